The zero-order valence-electron chi connectivity index (χ0n) is 8.44. The molecule has 4 heteroatoms. The molecule has 0 aliphatic rings. The van der Waals surface area contributed by atoms with Gasteiger partial charge in [-0.05, 0) is 30.2 Å². The number of rotatable bonds is 2. The number of halogens is 1. The van der Waals surface area contributed by atoms with Gasteiger partial charge in [-0.2, -0.15) is 5.10 Å². The van der Waals surface area contributed by atoms with Gasteiger partial charge >= 0.3 is 0 Å². The Morgan fingerprint density at radius 2 is 2.27 bits per heavy atom. The van der Waals surface area contributed by atoms with Gasteiger partial charge in [0, 0.05) is 11.9 Å². The molecule has 1 heterocycles. The van der Waals surface area contributed by atoms with Crippen molar-refractivity contribution in [3.05, 3.63) is 47.5 Å². The minimum Gasteiger partial charge on any atom is -0.398 e. The Bertz CT molecular complexity index is 476. The third-order valence-corrected chi connectivity index (χ3v) is 2.20. The summed E-state index contributed by atoms with van der Waals surface area (Å²) in [5.41, 5.74) is 8.12. The Hall–Kier alpha value is -1.84. The first kappa shape index (κ1) is 9.71. The van der Waals surface area contributed by atoms with Crippen LogP contribution in [-0.4, -0.2) is 9.78 Å². The molecule has 0 saturated heterocycles. The highest BCUT2D eigenvalue weighted by molar-refractivity contribution is 5.46. The molecule has 0 aliphatic heterocycles. The van der Waals surface area contributed by atoms with Gasteiger partial charge in [-0.1, -0.05) is 6.07 Å². The van der Waals surface area contributed by atoms with Crippen molar-refractivity contribution in [3.63, 3.8) is 0 Å². The van der Waals surface area contributed by atoms with Crippen molar-refractivity contribution in [2.75, 3.05) is 5.73 Å². The van der Waals surface area contributed by atoms with E-state index in [1.54, 1.807) is 16.9 Å². The lowest BCUT2D eigenvalue weighted by Crippen LogP contribution is -2.03. The van der Waals surface area contributed by atoms with Crippen LogP contribution < -0.4 is 5.73 Å². The van der Waals surface area contributed by atoms with Gasteiger partial charge in [0.2, 0.25) is 0 Å². The first-order valence-corrected chi connectivity index (χ1v) is 4.68. The highest BCUT2D eigenvalue weighted by Crippen LogP contribution is 2.14. The van der Waals surface area contributed by atoms with Crippen molar-refractivity contribution in [2.45, 2.75) is 13.5 Å². The Balaban J connectivity index is 2.24. The first-order valence-electron chi connectivity index (χ1n) is 4.68. The molecule has 0 unspecified atom stereocenters. The van der Waals surface area contributed by atoms with E-state index in [0.717, 1.165) is 11.1 Å². The van der Waals surface area contributed by atoms with E-state index in [-0.39, 0.29) is 5.82 Å². The van der Waals surface area contributed by atoms with Crippen molar-refractivity contribution in [1.29, 1.82) is 0 Å². The third kappa shape index (κ3) is 2.15. The van der Waals surface area contributed by atoms with Crippen molar-refractivity contribution in [1.82, 2.24) is 9.78 Å². The second-order valence-corrected chi connectivity index (χ2v) is 3.56. The summed E-state index contributed by atoms with van der Waals surface area (Å²) in [5.74, 6) is -0.312. The van der Waals surface area contributed by atoms with E-state index in [2.05, 4.69) is 5.10 Å². The van der Waals surface area contributed by atoms with E-state index >= 15 is 0 Å². The fourth-order valence-corrected chi connectivity index (χ4v) is 1.44. The molecule has 0 fully saturated rings. The van der Waals surface area contributed by atoms with Crippen LogP contribution in [0.3, 0.4) is 0 Å². The molecule has 0 bridgehead atoms. The monoisotopic (exact) mass is 205 g/mol. The average Bonchev–Trinajstić information content (AvgIpc) is 2.56. The number of anilines is 1. The summed E-state index contributed by atoms with van der Waals surface area (Å²) in [6.45, 7) is 2.54. The van der Waals surface area contributed by atoms with E-state index in [9.17, 15) is 4.39 Å². The summed E-state index contributed by atoms with van der Waals surface area (Å²) in [5, 5.41) is 4.14. The minimum absolute atomic E-state index is 0.312. The Labute approximate surface area is 87.3 Å². The van der Waals surface area contributed by atoms with Crippen LogP contribution in [-0.2, 0) is 6.54 Å². The Morgan fingerprint density at radius 3 is 2.87 bits per heavy atom. The molecule has 3 nitrogen and oxygen atoms in total. The molecule has 0 saturated carbocycles. The molecular weight excluding hydrogens is 193 g/mol. The highest BCUT2D eigenvalue weighted by Gasteiger charge is 2.02. The van der Waals surface area contributed by atoms with Gasteiger partial charge in [0.25, 0.3) is 0 Å². The average molecular weight is 205 g/mol. The maximum atomic E-state index is 12.8. The molecular formula is C11H12FN3. The van der Waals surface area contributed by atoms with E-state index in [4.69, 9.17) is 5.73 Å². The highest BCUT2D eigenvalue weighted by atomic mass is 19.1. The Morgan fingerprint density at radius 1 is 1.47 bits per heavy atom. The Kier molecular flexibility index (Phi) is 2.41. The molecule has 1 aromatic carbocycles. The molecule has 0 amide bonds. The predicted molar refractivity (Wildman–Crippen MR) is 56.9 cm³/mol. The molecule has 1 aromatic heterocycles. The summed E-state index contributed by atoms with van der Waals surface area (Å²) in [6.07, 6.45) is 3.70. The van der Waals surface area contributed by atoms with Gasteiger partial charge in [-0.25, -0.2) is 4.39 Å². The summed E-state index contributed by atoms with van der Waals surface area (Å²) in [7, 11) is 0. The predicted octanol–water partition coefficient (Wildman–Crippen LogP) is 1.96. The van der Waals surface area contributed by atoms with Crippen LogP contribution in [0.15, 0.2) is 30.6 Å². The lowest BCUT2D eigenvalue weighted by atomic mass is 10.2. The van der Waals surface area contributed by atoms with Gasteiger partial charge in [-0.15, -0.1) is 0 Å². The number of nitrogen functional groups attached to an aromatic ring is 1. The van der Waals surface area contributed by atoms with Gasteiger partial charge in [0.15, 0.2) is 0 Å². The van der Waals surface area contributed by atoms with Crippen LogP contribution >= 0.6 is 0 Å². The van der Waals surface area contributed by atoms with Crippen molar-refractivity contribution >= 4 is 5.69 Å². The number of aromatic nitrogens is 2. The van der Waals surface area contributed by atoms with Crippen LogP contribution in [0.2, 0.25) is 0 Å². The molecule has 2 N–H and O–H groups in total. The third-order valence-electron chi connectivity index (χ3n) is 2.20. The number of benzene rings is 1. The second-order valence-electron chi connectivity index (χ2n) is 3.56. The van der Waals surface area contributed by atoms with Gasteiger partial charge in [0.1, 0.15) is 5.82 Å². The number of nitrogens with two attached hydrogens (primary N) is 1. The van der Waals surface area contributed by atoms with Crippen LogP contribution in [0.5, 0.6) is 0 Å². The van der Waals surface area contributed by atoms with Crippen molar-refractivity contribution in [2.24, 2.45) is 0 Å². The summed E-state index contributed by atoms with van der Waals surface area (Å²) < 4.78 is 14.6. The molecule has 0 atom stereocenters. The molecule has 0 aliphatic carbocycles. The number of aryl methyl sites for hydroxylation is 1. The van der Waals surface area contributed by atoms with Crippen molar-refractivity contribution in [3.8, 4) is 0 Å². The molecule has 2 rings (SSSR count). The zero-order valence-corrected chi connectivity index (χ0v) is 8.44. The SMILES string of the molecule is Cc1cnn(Cc2ccc(F)cc2N)c1. The second kappa shape index (κ2) is 3.73. The minimum atomic E-state index is -0.312. The molecule has 0 radical (unpaired) electrons. The van der Waals surface area contributed by atoms with E-state index < -0.39 is 0 Å². The van der Waals surface area contributed by atoms with Crippen LogP contribution in [0.4, 0.5) is 10.1 Å². The largest absolute Gasteiger partial charge is 0.398 e. The fraction of sp³-hybridized carbons (Fsp3) is 0.182. The fourth-order valence-electron chi connectivity index (χ4n) is 1.44. The summed E-state index contributed by atoms with van der Waals surface area (Å²) in [6, 6.07) is 4.41. The maximum Gasteiger partial charge on any atom is 0.125 e. The quantitative estimate of drug-likeness (QED) is 0.761. The van der Waals surface area contributed by atoms with Crippen LogP contribution in [0.25, 0.3) is 0 Å². The number of hydrogen-bond donors (Lipinski definition) is 1. The number of nitrogens with zero attached hydrogens (tertiary/aromatic N) is 2. The van der Waals surface area contributed by atoms with Gasteiger partial charge in [0.05, 0.1) is 12.7 Å². The standard InChI is InChI=1S/C11H12FN3/c1-8-5-14-15(6-8)7-9-2-3-10(12)4-11(9)13/h2-6H,7,13H2,1H3. The van der Waals surface area contributed by atoms with E-state index in [0.29, 0.717) is 12.2 Å². The molecule has 0 spiro atoms. The first-order chi connectivity index (χ1) is 7.15. The van der Waals surface area contributed by atoms with Gasteiger partial charge < -0.3 is 5.73 Å². The summed E-state index contributed by atoms with van der Waals surface area (Å²) in [4.78, 5) is 0. The lowest BCUT2D eigenvalue weighted by Gasteiger charge is -2.05. The van der Waals surface area contributed by atoms with Crippen molar-refractivity contribution < 1.29 is 4.39 Å². The molecule has 15 heavy (non-hydrogen) atoms. The molecule has 2 aromatic rings. The smallest absolute Gasteiger partial charge is 0.125 e. The normalized spacial score (nSPS) is 10.5. The van der Waals surface area contributed by atoms with Gasteiger partial charge in [-0.3, -0.25) is 4.68 Å². The summed E-state index contributed by atoms with van der Waals surface area (Å²) >= 11 is 0. The van der Waals surface area contributed by atoms with Crippen LogP contribution in [0, 0.1) is 12.7 Å². The topological polar surface area (TPSA) is 43.8 Å². The maximum absolute atomic E-state index is 12.8. The van der Waals surface area contributed by atoms with E-state index in [1.165, 1.54) is 12.1 Å². The zero-order chi connectivity index (χ0) is 10.8. The number of hydrogen-bond acceptors (Lipinski definition) is 2. The van der Waals surface area contributed by atoms with E-state index in [1.807, 2.05) is 13.1 Å². The van der Waals surface area contributed by atoms with Crippen LogP contribution in [0.1, 0.15) is 11.1 Å². The molecule has 78 valence electrons. The lowest BCUT2D eigenvalue weighted by molar-refractivity contribution is 0.625.